The van der Waals surface area contributed by atoms with Crippen molar-refractivity contribution in [2.45, 2.75) is 124 Å². The standard InChI is InChI=1S/C25H45NO8/c1-16(2)15-31-20-17(3)32-21(27)18(13-11-12-14-19(20)30-10)26(22(28)33-24(4,5)6)23(29)34-25(7,8)9/h16-20H,11-15H2,1-10H3/t17-,18-,19-,20-/m0/s1. The van der Waals surface area contributed by atoms with Gasteiger partial charge in [0, 0.05) is 13.7 Å². The minimum absolute atomic E-state index is 0.220. The lowest BCUT2D eigenvalue weighted by atomic mass is 9.98. The zero-order valence-electron chi connectivity index (χ0n) is 22.6. The second kappa shape index (κ2) is 12.7. The molecule has 0 saturated carbocycles. The fourth-order valence-electron chi connectivity index (χ4n) is 3.58. The van der Waals surface area contributed by atoms with E-state index in [1.807, 2.05) is 13.8 Å². The van der Waals surface area contributed by atoms with E-state index in [2.05, 4.69) is 0 Å². The predicted octanol–water partition coefficient (Wildman–Crippen LogP) is 5.09. The van der Waals surface area contributed by atoms with Crippen LogP contribution >= 0.6 is 0 Å². The normalized spacial score (nSPS) is 24.9. The lowest BCUT2D eigenvalue weighted by molar-refractivity contribution is -0.173. The monoisotopic (exact) mass is 487 g/mol. The van der Waals surface area contributed by atoms with Gasteiger partial charge in [0.25, 0.3) is 0 Å². The van der Waals surface area contributed by atoms with Gasteiger partial charge in [-0.15, -0.1) is 0 Å². The van der Waals surface area contributed by atoms with E-state index < -0.39 is 47.6 Å². The number of hydrogen-bond donors (Lipinski definition) is 0. The van der Waals surface area contributed by atoms with Crippen LogP contribution in [0.3, 0.4) is 0 Å². The molecule has 2 amide bonds. The number of hydrogen-bond acceptors (Lipinski definition) is 8. The van der Waals surface area contributed by atoms with E-state index in [-0.39, 0.29) is 12.5 Å². The summed E-state index contributed by atoms with van der Waals surface area (Å²) < 4.78 is 28.4. The zero-order valence-corrected chi connectivity index (χ0v) is 22.6. The van der Waals surface area contributed by atoms with E-state index in [4.69, 9.17) is 23.7 Å². The van der Waals surface area contributed by atoms with Gasteiger partial charge in [0.15, 0.2) is 0 Å². The first-order valence-corrected chi connectivity index (χ1v) is 12.2. The topological polar surface area (TPSA) is 101 Å². The molecule has 4 atom stereocenters. The van der Waals surface area contributed by atoms with Crippen LogP contribution in [-0.4, -0.2) is 72.3 Å². The van der Waals surface area contributed by atoms with Gasteiger partial charge in [-0.1, -0.05) is 26.7 Å². The van der Waals surface area contributed by atoms with Crippen molar-refractivity contribution >= 4 is 18.2 Å². The van der Waals surface area contributed by atoms with Gasteiger partial charge in [0.2, 0.25) is 0 Å². The van der Waals surface area contributed by atoms with Gasteiger partial charge >= 0.3 is 18.2 Å². The van der Waals surface area contributed by atoms with Crippen LogP contribution in [0.4, 0.5) is 9.59 Å². The summed E-state index contributed by atoms with van der Waals surface area (Å²) >= 11 is 0. The Hall–Kier alpha value is -1.87. The highest BCUT2D eigenvalue weighted by Crippen LogP contribution is 2.25. The highest BCUT2D eigenvalue weighted by atomic mass is 16.6. The molecule has 1 saturated heterocycles. The van der Waals surface area contributed by atoms with Crippen molar-refractivity contribution in [3.63, 3.8) is 0 Å². The van der Waals surface area contributed by atoms with E-state index in [1.165, 1.54) is 0 Å². The Morgan fingerprint density at radius 1 is 1.00 bits per heavy atom. The summed E-state index contributed by atoms with van der Waals surface area (Å²) in [5, 5.41) is 0. The van der Waals surface area contributed by atoms with Crippen LogP contribution in [0.2, 0.25) is 0 Å². The van der Waals surface area contributed by atoms with Crippen molar-refractivity contribution in [1.29, 1.82) is 0 Å². The largest absolute Gasteiger partial charge is 0.458 e. The number of imide groups is 1. The smallest absolute Gasteiger partial charge is 0.420 e. The molecule has 1 aliphatic heterocycles. The molecule has 1 aliphatic rings. The number of nitrogens with zero attached hydrogens (tertiary/aromatic N) is 1. The summed E-state index contributed by atoms with van der Waals surface area (Å²) in [6, 6.07) is -1.18. The van der Waals surface area contributed by atoms with Crippen LogP contribution in [-0.2, 0) is 28.5 Å². The summed E-state index contributed by atoms with van der Waals surface area (Å²) in [6.07, 6.45) is -1.09. The first-order chi connectivity index (χ1) is 15.6. The van der Waals surface area contributed by atoms with E-state index in [0.29, 0.717) is 31.8 Å². The third kappa shape index (κ3) is 10.2. The molecule has 1 rings (SSSR count). The van der Waals surface area contributed by atoms with Crippen LogP contribution in [0.1, 0.15) is 88.0 Å². The summed E-state index contributed by atoms with van der Waals surface area (Å²) in [4.78, 5) is 40.2. The van der Waals surface area contributed by atoms with Crippen LogP contribution in [0.5, 0.6) is 0 Å². The molecule has 0 spiro atoms. The van der Waals surface area contributed by atoms with Crippen molar-refractivity contribution in [2.24, 2.45) is 5.92 Å². The summed E-state index contributed by atoms with van der Waals surface area (Å²) in [6.45, 7) is 16.4. The van der Waals surface area contributed by atoms with E-state index in [0.717, 1.165) is 4.90 Å². The van der Waals surface area contributed by atoms with Gasteiger partial charge in [0.1, 0.15) is 29.5 Å². The Morgan fingerprint density at radius 3 is 1.94 bits per heavy atom. The molecule has 9 heteroatoms. The molecular weight excluding hydrogens is 442 g/mol. The van der Waals surface area contributed by atoms with Crippen molar-refractivity contribution < 1.29 is 38.1 Å². The van der Waals surface area contributed by atoms with Gasteiger partial charge in [-0.3, -0.25) is 0 Å². The number of carbonyl (C=O) groups is 3. The molecular formula is C25H45NO8. The SMILES string of the molecule is CO[C@H]1CCCC[C@H](N(C(=O)OC(C)(C)C)C(=O)OC(C)(C)C)C(=O)O[C@@H](C)[C@@H]1OCC(C)C. The average Bonchev–Trinajstić information content (AvgIpc) is 2.64. The minimum atomic E-state index is -1.18. The van der Waals surface area contributed by atoms with Crippen molar-refractivity contribution in [2.75, 3.05) is 13.7 Å². The van der Waals surface area contributed by atoms with Crippen LogP contribution in [0.15, 0.2) is 0 Å². The molecule has 1 heterocycles. The van der Waals surface area contributed by atoms with Crippen molar-refractivity contribution in [1.82, 2.24) is 4.90 Å². The molecule has 9 nitrogen and oxygen atoms in total. The fraction of sp³-hybridized carbons (Fsp3) is 0.880. The lowest BCUT2D eigenvalue weighted by Crippen LogP contribution is -2.54. The van der Waals surface area contributed by atoms with Gasteiger partial charge in [0.05, 0.1) is 6.10 Å². The molecule has 0 aromatic rings. The molecule has 0 radical (unpaired) electrons. The Labute approximate surface area is 204 Å². The van der Waals surface area contributed by atoms with E-state index >= 15 is 0 Å². The minimum Gasteiger partial charge on any atom is -0.458 e. The number of amides is 2. The fourth-order valence-corrected chi connectivity index (χ4v) is 3.58. The number of carbonyl (C=O) groups excluding carboxylic acids is 3. The van der Waals surface area contributed by atoms with E-state index in [9.17, 15) is 14.4 Å². The highest BCUT2D eigenvalue weighted by molar-refractivity contribution is 5.94. The number of esters is 1. The number of ether oxygens (including phenoxy) is 5. The van der Waals surface area contributed by atoms with Crippen LogP contribution in [0, 0.1) is 5.92 Å². The maximum atomic E-state index is 13.3. The van der Waals surface area contributed by atoms with Crippen molar-refractivity contribution in [3.05, 3.63) is 0 Å². The summed E-state index contributed by atoms with van der Waals surface area (Å²) in [7, 11) is 1.62. The Kier molecular flexibility index (Phi) is 11.3. The Morgan fingerprint density at radius 2 is 1.50 bits per heavy atom. The summed E-state index contributed by atoms with van der Waals surface area (Å²) in [5.41, 5.74) is -1.74. The highest BCUT2D eigenvalue weighted by Gasteiger charge is 2.43. The van der Waals surface area contributed by atoms with Gasteiger partial charge in [-0.05, 0) is 67.2 Å². The zero-order chi connectivity index (χ0) is 26.3. The van der Waals surface area contributed by atoms with E-state index in [1.54, 1.807) is 55.6 Å². The number of cyclic esters (lactones) is 1. The Balaban J connectivity index is 3.27. The quantitative estimate of drug-likeness (QED) is 0.390. The predicted molar refractivity (Wildman–Crippen MR) is 127 cm³/mol. The third-order valence-corrected chi connectivity index (χ3v) is 5.04. The van der Waals surface area contributed by atoms with Gasteiger partial charge < -0.3 is 23.7 Å². The first-order valence-electron chi connectivity index (χ1n) is 12.2. The van der Waals surface area contributed by atoms with Crippen LogP contribution < -0.4 is 0 Å². The van der Waals surface area contributed by atoms with Gasteiger partial charge in [-0.25, -0.2) is 14.4 Å². The molecule has 0 N–H and O–H groups in total. The maximum absolute atomic E-state index is 13.3. The molecule has 0 aromatic heterocycles. The molecule has 1 fully saturated rings. The molecule has 34 heavy (non-hydrogen) atoms. The average molecular weight is 488 g/mol. The number of methoxy groups -OCH3 is 1. The lowest BCUT2D eigenvalue weighted by Gasteiger charge is -2.36. The third-order valence-electron chi connectivity index (χ3n) is 5.04. The second-order valence-corrected chi connectivity index (χ2v) is 11.2. The molecule has 0 unspecified atom stereocenters. The molecule has 198 valence electrons. The maximum Gasteiger partial charge on any atom is 0.420 e. The second-order valence-electron chi connectivity index (χ2n) is 11.2. The molecule has 0 aliphatic carbocycles. The van der Waals surface area contributed by atoms with Crippen molar-refractivity contribution in [3.8, 4) is 0 Å². The Bertz CT molecular complexity index is 651. The first kappa shape index (κ1) is 30.2. The summed E-state index contributed by atoms with van der Waals surface area (Å²) in [5.74, 6) is -0.419. The van der Waals surface area contributed by atoms with Gasteiger partial charge in [-0.2, -0.15) is 4.90 Å². The molecule has 0 bridgehead atoms. The van der Waals surface area contributed by atoms with Crippen LogP contribution in [0.25, 0.3) is 0 Å². The number of rotatable bonds is 5. The molecule has 0 aromatic carbocycles.